The molecule has 1 aliphatic heterocycles. The third-order valence-electron chi connectivity index (χ3n) is 7.06. The van der Waals surface area contributed by atoms with Crippen LogP contribution in [0.15, 0.2) is 61.1 Å². The van der Waals surface area contributed by atoms with Crippen molar-refractivity contribution in [3.8, 4) is 5.75 Å². The number of hydrazine groups is 1. The van der Waals surface area contributed by atoms with Crippen LogP contribution in [0.4, 0.5) is 17.1 Å². The number of aryl methyl sites for hydroxylation is 1. The summed E-state index contributed by atoms with van der Waals surface area (Å²) in [7, 11) is 7.62. The van der Waals surface area contributed by atoms with E-state index in [9.17, 15) is 4.79 Å². The van der Waals surface area contributed by atoms with E-state index in [0.29, 0.717) is 28.5 Å². The van der Waals surface area contributed by atoms with Gasteiger partial charge in [0, 0.05) is 49.8 Å². The zero-order valence-electron chi connectivity index (χ0n) is 22.9. The molecule has 11 nitrogen and oxygen atoms in total. The first-order valence-corrected chi connectivity index (χ1v) is 12.8. The van der Waals surface area contributed by atoms with Crippen LogP contribution >= 0.6 is 0 Å². The van der Waals surface area contributed by atoms with Crippen LogP contribution in [0.1, 0.15) is 18.4 Å². The molecule has 0 spiro atoms. The zero-order chi connectivity index (χ0) is 28.1. The summed E-state index contributed by atoms with van der Waals surface area (Å²) in [5.41, 5.74) is 6.57. The lowest BCUT2D eigenvalue weighted by Gasteiger charge is -2.38. The number of carbonyl (C=O) groups is 1. The highest BCUT2D eigenvalue weighted by Gasteiger charge is 2.25. The number of piperidine rings is 1. The lowest BCUT2D eigenvalue weighted by atomic mass is 10.0. The molecule has 1 unspecified atom stereocenters. The second-order valence-corrected chi connectivity index (χ2v) is 9.72. The molecule has 1 atom stereocenters. The van der Waals surface area contributed by atoms with Gasteiger partial charge in [-0.1, -0.05) is 12.6 Å². The quantitative estimate of drug-likeness (QED) is 0.117. The van der Waals surface area contributed by atoms with Crippen LogP contribution in [0.2, 0.25) is 0 Å². The van der Waals surface area contributed by atoms with Crippen LogP contribution in [-0.2, 0) is 11.8 Å². The second-order valence-electron chi connectivity index (χ2n) is 9.72. The number of carbonyl (C=O) groups excluding carboxylic acids is 1. The van der Waals surface area contributed by atoms with Gasteiger partial charge >= 0.3 is 0 Å². The Morgan fingerprint density at radius 1 is 1.26 bits per heavy atom. The SMILES string of the molecule is C=CC(=O)Nc1cc(N/C(=C/C(=N)c2ccc3c(cnn3C)c2)NN)c(OC)cc1N(C)C1CCCN(C)C1. The number of fused-ring (bicyclic) bond motifs is 1. The van der Waals surface area contributed by atoms with Crippen molar-refractivity contribution in [1.29, 1.82) is 5.41 Å². The third kappa shape index (κ3) is 6.21. The van der Waals surface area contributed by atoms with Crippen molar-refractivity contribution in [3.63, 3.8) is 0 Å². The van der Waals surface area contributed by atoms with E-state index in [4.69, 9.17) is 16.0 Å². The van der Waals surface area contributed by atoms with Crippen LogP contribution in [0.5, 0.6) is 5.75 Å². The van der Waals surface area contributed by atoms with Crippen molar-refractivity contribution in [2.24, 2.45) is 12.9 Å². The summed E-state index contributed by atoms with van der Waals surface area (Å²) in [4.78, 5) is 16.8. The first-order valence-electron chi connectivity index (χ1n) is 12.8. The summed E-state index contributed by atoms with van der Waals surface area (Å²) in [6.45, 7) is 5.59. The van der Waals surface area contributed by atoms with Gasteiger partial charge in [0.05, 0.1) is 41.6 Å². The number of likely N-dealkylation sites (N-methyl/N-ethyl adjacent to an activating group) is 2. The minimum atomic E-state index is -0.318. The Labute approximate surface area is 228 Å². The van der Waals surface area contributed by atoms with E-state index >= 15 is 0 Å². The largest absolute Gasteiger partial charge is 0.494 e. The van der Waals surface area contributed by atoms with E-state index in [1.807, 2.05) is 38.4 Å². The topological polar surface area (TPSA) is 137 Å². The molecule has 39 heavy (non-hydrogen) atoms. The van der Waals surface area contributed by atoms with E-state index in [1.54, 1.807) is 30.1 Å². The average Bonchev–Trinajstić information content (AvgIpc) is 3.32. The molecule has 3 aromatic rings. The Bertz CT molecular complexity index is 1410. The number of nitrogens with two attached hydrogens (primary N) is 1. The van der Waals surface area contributed by atoms with E-state index in [-0.39, 0.29) is 17.7 Å². The van der Waals surface area contributed by atoms with Gasteiger partial charge in [-0.2, -0.15) is 5.10 Å². The Kier molecular flexibility index (Phi) is 8.52. The average molecular weight is 532 g/mol. The van der Waals surface area contributed by atoms with E-state index in [1.165, 1.54) is 6.08 Å². The van der Waals surface area contributed by atoms with Crippen LogP contribution in [0.3, 0.4) is 0 Å². The molecule has 6 N–H and O–H groups in total. The fourth-order valence-corrected chi connectivity index (χ4v) is 4.88. The van der Waals surface area contributed by atoms with Gasteiger partial charge in [0.2, 0.25) is 5.91 Å². The van der Waals surface area contributed by atoms with Gasteiger partial charge in [-0.3, -0.25) is 9.48 Å². The fourth-order valence-electron chi connectivity index (χ4n) is 4.88. The maximum absolute atomic E-state index is 12.3. The van der Waals surface area contributed by atoms with Gasteiger partial charge in [0.15, 0.2) is 0 Å². The highest BCUT2D eigenvalue weighted by Crippen LogP contribution is 2.38. The summed E-state index contributed by atoms with van der Waals surface area (Å²) < 4.78 is 7.51. The second kappa shape index (κ2) is 12.0. The highest BCUT2D eigenvalue weighted by atomic mass is 16.5. The van der Waals surface area contributed by atoms with Gasteiger partial charge in [0.1, 0.15) is 11.6 Å². The molecule has 1 aliphatic rings. The number of likely N-dealkylation sites (tertiary alicyclic amines) is 1. The summed E-state index contributed by atoms with van der Waals surface area (Å²) >= 11 is 0. The molecule has 0 radical (unpaired) electrons. The molecule has 1 aromatic heterocycles. The number of hydrogen-bond acceptors (Lipinski definition) is 9. The molecule has 1 saturated heterocycles. The Balaban J connectivity index is 1.66. The zero-order valence-corrected chi connectivity index (χ0v) is 22.9. The van der Waals surface area contributed by atoms with Gasteiger partial charge < -0.3 is 36.0 Å². The van der Waals surface area contributed by atoms with Crippen molar-refractivity contribution < 1.29 is 9.53 Å². The third-order valence-corrected chi connectivity index (χ3v) is 7.06. The van der Waals surface area contributed by atoms with Crippen molar-refractivity contribution in [1.82, 2.24) is 20.1 Å². The minimum absolute atomic E-state index is 0.248. The van der Waals surface area contributed by atoms with Crippen molar-refractivity contribution >= 4 is 39.6 Å². The van der Waals surface area contributed by atoms with E-state index < -0.39 is 0 Å². The highest BCUT2D eigenvalue weighted by molar-refractivity contribution is 6.09. The monoisotopic (exact) mass is 531 g/mol. The number of allylic oxidation sites excluding steroid dienone is 1. The molecule has 1 amide bonds. The van der Waals surface area contributed by atoms with Gasteiger partial charge in [-0.05, 0) is 50.7 Å². The number of rotatable bonds is 10. The number of methoxy groups -OCH3 is 1. The first-order chi connectivity index (χ1) is 18.7. The Morgan fingerprint density at radius 3 is 2.74 bits per heavy atom. The maximum atomic E-state index is 12.3. The van der Waals surface area contributed by atoms with Crippen molar-refractivity contribution in [3.05, 3.63) is 66.6 Å². The van der Waals surface area contributed by atoms with E-state index in [0.717, 1.165) is 42.5 Å². The summed E-state index contributed by atoms with van der Waals surface area (Å²) in [6.07, 6.45) is 6.76. The number of nitrogens with zero attached hydrogens (tertiary/aromatic N) is 4. The molecule has 11 heteroatoms. The lowest BCUT2D eigenvalue weighted by molar-refractivity contribution is -0.111. The van der Waals surface area contributed by atoms with Gasteiger partial charge in [0.25, 0.3) is 0 Å². The molecular weight excluding hydrogens is 494 g/mol. The van der Waals surface area contributed by atoms with Crippen molar-refractivity contribution in [2.75, 3.05) is 49.8 Å². The number of nitrogens with one attached hydrogen (secondary N) is 4. The molecule has 0 bridgehead atoms. The lowest BCUT2D eigenvalue weighted by Crippen LogP contribution is -2.45. The molecule has 206 valence electrons. The predicted molar refractivity (Wildman–Crippen MR) is 157 cm³/mol. The number of benzene rings is 2. The summed E-state index contributed by atoms with van der Waals surface area (Å²) in [5, 5.41) is 20.0. The summed E-state index contributed by atoms with van der Waals surface area (Å²) in [6, 6.07) is 9.69. The molecule has 0 aliphatic carbocycles. The fraction of sp³-hybridized carbons (Fsp3) is 0.321. The predicted octanol–water partition coefficient (Wildman–Crippen LogP) is 3.02. The molecule has 0 saturated carbocycles. The normalized spacial score (nSPS) is 16.0. The Hall–Kier alpha value is -4.35. The molecular formula is C28H37N9O2. The van der Waals surface area contributed by atoms with Gasteiger partial charge in [-0.15, -0.1) is 0 Å². The van der Waals surface area contributed by atoms with Crippen LogP contribution < -0.4 is 31.5 Å². The van der Waals surface area contributed by atoms with Gasteiger partial charge in [-0.25, -0.2) is 5.84 Å². The smallest absolute Gasteiger partial charge is 0.247 e. The van der Waals surface area contributed by atoms with E-state index in [2.05, 4.69) is 44.6 Å². The van der Waals surface area contributed by atoms with Crippen LogP contribution in [-0.4, -0.2) is 66.6 Å². The van der Waals surface area contributed by atoms with Crippen LogP contribution in [0, 0.1) is 5.41 Å². The standard InChI is InChI=1S/C28H37N9O2/c1-6-28(38)33-22-14-23(26(39-5)15-25(22)36(3)20-8-7-11-35(2)17-20)32-27(34-30)13-21(29)18-9-10-24-19(12-18)16-31-37(24)4/h6,9-10,12-16,20,29,32,34H,1,7-8,11,17,30H2,2-5H3,(H,33,38)/b27-13-,29-21?. The first kappa shape index (κ1) is 27.7. The number of aromatic nitrogens is 2. The summed E-state index contributed by atoms with van der Waals surface area (Å²) in [5.74, 6) is 6.45. The maximum Gasteiger partial charge on any atom is 0.247 e. The minimum Gasteiger partial charge on any atom is -0.494 e. The molecule has 2 heterocycles. The number of anilines is 3. The molecule has 4 rings (SSSR count). The molecule has 1 fully saturated rings. The van der Waals surface area contributed by atoms with Crippen LogP contribution in [0.25, 0.3) is 10.9 Å². The van der Waals surface area contributed by atoms with Crippen molar-refractivity contribution in [2.45, 2.75) is 18.9 Å². The number of hydrogen-bond donors (Lipinski definition) is 5. The number of ether oxygens (including phenoxy) is 1. The number of amides is 1. The Morgan fingerprint density at radius 2 is 2.05 bits per heavy atom. The molecule has 2 aromatic carbocycles.